The second-order valence-electron chi connectivity index (χ2n) is 6.05. The minimum absolute atomic E-state index is 0.235. The molecule has 0 saturated carbocycles. The van der Waals surface area contributed by atoms with E-state index >= 15 is 0 Å². The van der Waals surface area contributed by atoms with Crippen molar-refractivity contribution in [1.29, 1.82) is 0 Å². The van der Waals surface area contributed by atoms with Gasteiger partial charge in [0.2, 0.25) is 5.91 Å². The van der Waals surface area contributed by atoms with Crippen LogP contribution < -0.4 is 5.32 Å². The summed E-state index contributed by atoms with van der Waals surface area (Å²) >= 11 is 3.30. The first-order valence-electron chi connectivity index (χ1n) is 7.14. The first-order chi connectivity index (χ1) is 10.2. The molecule has 0 spiro atoms. The zero-order valence-electron chi connectivity index (χ0n) is 13.0. The third kappa shape index (κ3) is 3.58. The van der Waals surface area contributed by atoms with Gasteiger partial charge in [-0.2, -0.15) is 0 Å². The molecule has 5 heteroatoms. The highest BCUT2D eigenvalue weighted by atomic mass is 79.9. The zero-order valence-corrected chi connectivity index (χ0v) is 14.6. The molecule has 0 radical (unpaired) electrons. The average molecular weight is 366 g/mol. The summed E-state index contributed by atoms with van der Waals surface area (Å²) in [6.07, 6.45) is 0.177. The van der Waals surface area contributed by atoms with E-state index < -0.39 is 10.4 Å². The van der Waals surface area contributed by atoms with E-state index in [1.807, 2.05) is 24.3 Å². The molecule has 0 saturated heterocycles. The number of halogens is 1. The number of hydrogen-bond donors (Lipinski definition) is 1. The van der Waals surface area contributed by atoms with Crippen molar-refractivity contribution in [2.24, 2.45) is 0 Å². The van der Waals surface area contributed by atoms with E-state index in [9.17, 15) is 9.59 Å². The summed E-state index contributed by atoms with van der Waals surface area (Å²) in [6, 6.07) is 7.44. The molecular formula is C17H20BrNO3. The van der Waals surface area contributed by atoms with E-state index in [1.54, 1.807) is 20.8 Å². The van der Waals surface area contributed by atoms with Gasteiger partial charge in [-0.25, -0.2) is 0 Å². The molecule has 2 atom stereocenters. The monoisotopic (exact) mass is 365 g/mol. The Kier molecular flexibility index (Phi) is 4.75. The molecule has 4 nitrogen and oxygen atoms in total. The number of carbonyl (C=O) groups is 2. The Morgan fingerprint density at radius 2 is 2.00 bits per heavy atom. The van der Waals surface area contributed by atoms with Gasteiger partial charge in [0.15, 0.2) is 0 Å². The maximum absolute atomic E-state index is 12.1. The minimum Gasteiger partial charge on any atom is -0.458 e. The highest BCUT2D eigenvalue weighted by Crippen LogP contribution is 2.34. The minimum atomic E-state index is -0.759. The van der Waals surface area contributed by atoms with Crippen molar-refractivity contribution in [3.8, 4) is 0 Å². The van der Waals surface area contributed by atoms with Gasteiger partial charge in [-0.3, -0.25) is 9.59 Å². The summed E-state index contributed by atoms with van der Waals surface area (Å²) in [6.45, 7) is 8.77. The van der Waals surface area contributed by atoms with Crippen LogP contribution >= 0.6 is 15.9 Å². The van der Waals surface area contributed by atoms with Gasteiger partial charge >= 0.3 is 5.97 Å². The van der Waals surface area contributed by atoms with Crippen LogP contribution in [0.3, 0.4) is 0 Å². The standard InChI is InChI=1S/C17H20BrNO3/c1-10(2)15(20)19-14-12-8-6-5-7-11(12)9-13(14)22-16(21)17(3,4)18/h5-8,13-14H,1,9H2,2-4H3,(H,19,20). The molecule has 0 aromatic heterocycles. The zero-order chi connectivity index (χ0) is 16.5. The van der Waals surface area contributed by atoms with E-state index in [2.05, 4.69) is 27.8 Å². The fraction of sp³-hybridized carbons (Fsp3) is 0.412. The largest absolute Gasteiger partial charge is 0.458 e. The van der Waals surface area contributed by atoms with Crippen molar-refractivity contribution in [1.82, 2.24) is 5.32 Å². The Labute approximate surface area is 139 Å². The number of nitrogens with one attached hydrogen (secondary N) is 1. The van der Waals surface area contributed by atoms with Gasteiger partial charge in [0, 0.05) is 12.0 Å². The number of benzene rings is 1. The van der Waals surface area contributed by atoms with Crippen molar-refractivity contribution < 1.29 is 14.3 Å². The van der Waals surface area contributed by atoms with Gasteiger partial charge in [0.1, 0.15) is 10.4 Å². The SMILES string of the molecule is C=C(C)C(=O)NC1c2ccccc2CC1OC(=O)C(C)(C)Br. The highest BCUT2D eigenvalue weighted by molar-refractivity contribution is 9.10. The predicted molar refractivity (Wildman–Crippen MR) is 88.7 cm³/mol. The first kappa shape index (κ1) is 16.7. The normalized spacial score (nSPS) is 20.2. The summed E-state index contributed by atoms with van der Waals surface area (Å²) in [4.78, 5) is 24.1. The van der Waals surface area contributed by atoms with Crippen molar-refractivity contribution in [3.63, 3.8) is 0 Å². The molecule has 22 heavy (non-hydrogen) atoms. The molecule has 1 aromatic rings. The third-order valence-electron chi connectivity index (χ3n) is 3.60. The summed E-state index contributed by atoms with van der Waals surface area (Å²) in [7, 11) is 0. The number of carbonyl (C=O) groups excluding carboxylic acids is 2. The van der Waals surface area contributed by atoms with Crippen LogP contribution in [0.5, 0.6) is 0 Å². The molecule has 0 fully saturated rings. The van der Waals surface area contributed by atoms with Crippen molar-refractivity contribution in [2.45, 2.75) is 43.7 Å². The lowest BCUT2D eigenvalue weighted by atomic mass is 10.1. The summed E-state index contributed by atoms with van der Waals surface area (Å²) in [5.74, 6) is -0.583. The van der Waals surface area contributed by atoms with Crippen LogP contribution in [0.2, 0.25) is 0 Å². The van der Waals surface area contributed by atoms with Crippen molar-refractivity contribution in [2.75, 3.05) is 0 Å². The fourth-order valence-electron chi connectivity index (χ4n) is 2.38. The van der Waals surface area contributed by atoms with Gasteiger partial charge in [-0.1, -0.05) is 46.8 Å². The molecule has 2 rings (SSSR count). The number of hydrogen-bond acceptors (Lipinski definition) is 3. The lowest BCUT2D eigenvalue weighted by Gasteiger charge is -2.25. The molecule has 0 heterocycles. The predicted octanol–water partition coefficient (Wildman–Crippen LogP) is 3.06. The molecule has 0 aliphatic heterocycles. The molecule has 1 aliphatic carbocycles. The van der Waals surface area contributed by atoms with Gasteiger partial charge < -0.3 is 10.1 Å². The van der Waals surface area contributed by atoms with Gasteiger partial charge in [0.25, 0.3) is 0 Å². The quantitative estimate of drug-likeness (QED) is 0.506. The van der Waals surface area contributed by atoms with E-state index in [-0.39, 0.29) is 17.9 Å². The maximum Gasteiger partial charge on any atom is 0.322 e. The van der Waals surface area contributed by atoms with E-state index in [0.717, 1.165) is 11.1 Å². The lowest BCUT2D eigenvalue weighted by molar-refractivity contribution is -0.152. The number of esters is 1. The van der Waals surface area contributed by atoms with Crippen LogP contribution in [0.25, 0.3) is 0 Å². The van der Waals surface area contributed by atoms with Gasteiger partial charge in [-0.05, 0) is 31.9 Å². The Morgan fingerprint density at radius 3 is 2.59 bits per heavy atom. The molecule has 1 amide bonds. The van der Waals surface area contributed by atoms with Crippen molar-refractivity contribution >= 4 is 27.8 Å². The first-order valence-corrected chi connectivity index (χ1v) is 7.93. The van der Waals surface area contributed by atoms with Crippen LogP contribution in [0.15, 0.2) is 36.4 Å². The van der Waals surface area contributed by atoms with Crippen molar-refractivity contribution in [3.05, 3.63) is 47.5 Å². The molecule has 118 valence electrons. The van der Waals surface area contributed by atoms with E-state index in [1.165, 1.54) is 0 Å². The second-order valence-corrected chi connectivity index (χ2v) is 8.03. The summed E-state index contributed by atoms with van der Waals surface area (Å²) in [5, 5.41) is 2.91. The van der Waals surface area contributed by atoms with Gasteiger partial charge in [0.05, 0.1) is 6.04 Å². The number of fused-ring (bicyclic) bond motifs is 1. The van der Waals surface area contributed by atoms with Crippen LogP contribution in [0.1, 0.15) is 37.9 Å². The molecule has 1 aromatic carbocycles. The van der Waals surface area contributed by atoms with Gasteiger partial charge in [-0.15, -0.1) is 0 Å². The highest BCUT2D eigenvalue weighted by Gasteiger charge is 2.38. The number of amides is 1. The lowest BCUT2D eigenvalue weighted by Crippen LogP contribution is -2.39. The smallest absolute Gasteiger partial charge is 0.322 e. The van der Waals surface area contributed by atoms with E-state index in [0.29, 0.717) is 12.0 Å². The number of ether oxygens (including phenoxy) is 1. The number of alkyl halides is 1. The maximum atomic E-state index is 12.1. The Hall–Kier alpha value is -1.62. The molecule has 0 bridgehead atoms. The summed E-state index contributed by atoms with van der Waals surface area (Å²) < 4.78 is 4.86. The fourth-order valence-corrected chi connectivity index (χ4v) is 2.47. The Morgan fingerprint density at radius 1 is 1.36 bits per heavy atom. The molecular weight excluding hydrogens is 346 g/mol. The average Bonchev–Trinajstić information content (AvgIpc) is 2.75. The van der Waals surface area contributed by atoms with Crippen LogP contribution in [0, 0.1) is 0 Å². The second kappa shape index (κ2) is 6.24. The van der Waals surface area contributed by atoms with E-state index in [4.69, 9.17) is 4.74 Å². The van der Waals surface area contributed by atoms with Crippen LogP contribution in [-0.2, 0) is 20.7 Å². The Balaban J connectivity index is 2.24. The van der Waals surface area contributed by atoms with Crippen LogP contribution in [0.4, 0.5) is 0 Å². The van der Waals surface area contributed by atoms with Crippen LogP contribution in [-0.4, -0.2) is 22.3 Å². The topological polar surface area (TPSA) is 55.4 Å². The molecule has 1 aliphatic rings. The molecule has 2 unspecified atom stereocenters. The Bertz CT molecular complexity index is 619. The number of rotatable bonds is 4. The summed E-state index contributed by atoms with van der Waals surface area (Å²) in [5.41, 5.74) is 2.50. The molecule has 1 N–H and O–H groups in total. The third-order valence-corrected chi connectivity index (χ3v) is 3.92.